The van der Waals surface area contributed by atoms with Crippen molar-refractivity contribution in [3.8, 4) is 0 Å². The summed E-state index contributed by atoms with van der Waals surface area (Å²) in [6.45, 7) is 11.6. The molecule has 2 fully saturated rings. The van der Waals surface area contributed by atoms with E-state index in [-0.39, 0.29) is 42.1 Å². The molecule has 7 nitrogen and oxygen atoms in total. The summed E-state index contributed by atoms with van der Waals surface area (Å²) in [4.78, 5) is 25.2. The van der Waals surface area contributed by atoms with Gasteiger partial charge < -0.3 is 24.8 Å². The maximum atomic E-state index is 12.7. The molecule has 2 amide bonds. The van der Waals surface area contributed by atoms with Crippen molar-refractivity contribution in [2.75, 3.05) is 26.4 Å². The second-order valence-electron chi connectivity index (χ2n) is 8.32. The molecule has 0 radical (unpaired) electrons. The molecule has 2 heterocycles. The van der Waals surface area contributed by atoms with Crippen LogP contribution in [0.15, 0.2) is 0 Å². The lowest BCUT2D eigenvalue weighted by atomic mass is 9.93. The van der Waals surface area contributed by atoms with E-state index in [2.05, 4.69) is 31.4 Å². The fourth-order valence-corrected chi connectivity index (χ4v) is 3.55. The summed E-state index contributed by atoms with van der Waals surface area (Å²) < 4.78 is 17.0. The first kappa shape index (κ1) is 22.1. The van der Waals surface area contributed by atoms with E-state index in [1.54, 1.807) is 0 Å². The van der Waals surface area contributed by atoms with Crippen molar-refractivity contribution in [2.24, 2.45) is 5.92 Å². The minimum atomic E-state index is -0.909. The van der Waals surface area contributed by atoms with Gasteiger partial charge in [-0.15, -0.1) is 0 Å². The van der Waals surface area contributed by atoms with Gasteiger partial charge in [0, 0.05) is 18.5 Å². The molecule has 1 unspecified atom stereocenters. The van der Waals surface area contributed by atoms with Gasteiger partial charge in [0.1, 0.15) is 0 Å². The van der Waals surface area contributed by atoms with Gasteiger partial charge in [0.15, 0.2) is 5.60 Å². The van der Waals surface area contributed by atoms with Crippen molar-refractivity contribution in [2.45, 2.75) is 83.6 Å². The summed E-state index contributed by atoms with van der Waals surface area (Å²) in [5, 5.41) is 6.09. The molecule has 156 valence electrons. The molecular weight excluding hydrogens is 348 g/mol. The van der Waals surface area contributed by atoms with E-state index >= 15 is 0 Å². The molecule has 2 N–H and O–H groups in total. The Morgan fingerprint density at radius 3 is 2.56 bits per heavy atom. The highest BCUT2D eigenvalue weighted by atomic mass is 16.6. The first-order valence-corrected chi connectivity index (χ1v) is 10.2. The van der Waals surface area contributed by atoms with Gasteiger partial charge in [0.05, 0.1) is 37.9 Å². The van der Waals surface area contributed by atoms with E-state index < -0.39 is 5.60 Å². The molecule has 2 aliphatic rings. The Morgan fingerprint density at radius 1 is 1.30 bits per heavy atom. The first-order chi connectivity index (χ1) is 12.7. The third kappa shape index (κ3) is 5.65. The predicted molar refractivity (Wildman–Crippen MR) is 102 cm³/mol. The van der Waals surface area contributed by atoms with Gasteiger partial charge in [0.2, 0.25) is 5.91 Å². The van der Waals surface area contributed by atoms with Crippen LogP contribution in [-0.4, -0.2) is 61.5 Å². The molecule has 0 aromatic heterocycles. The molecule has 2 rings (SSSR count). The van der Waals surface area contributed by atoms with Crippen LogP contribution in [0.25, 0.3) is 0 Å². The minimum Gasteiger partial charge on any atom is -0.378 e. The van der Waals surface area contributed by atoms with Crippen LogP contribution < -0.4 is 10.6 Å². The lowest BCUT2D eigenvalue weighted by Crippen LogP contribution is -2.52. The summed E-state index contributed by atoms with van der Waals surface area (Å²) in [5.74, 6) is -0.284. The van der Waals surface area contributed by atoms with Crippen molar-refractivity contribution in [3.05, 3.63) is 0 Å². The standard InChI is InChI=1S/C20H36N2O5/c1-6-19(5,7-2)22-17(23)15-10-16(26-12-15)11-21-18(24)20(27-14(3)4)8-9-25-13-20/h14-16H,6-13H2,1-5H3,(H,21,24)(H,22,23)/t15-,16-,20?/m0/s1. The van der Waals surface area contributed by atoms with Crippen LogP contribution in [0.1, 0.15) is 60.3 Å². The second-order valence-corrected chi connectivity index (χ2v) is 8.32. The lowest BCUT2D eigenvalue weighted by molar-refractivity contribution is -0.153. The van der Waals surface area contributed by atoms with Crippen molar-refractivity contribution in [1.29, 1.82) is 0 Å². The highest BCUT2D eigenvalue weighted by Crippen LogP contribution is 2.26. The predicted octanol–water partition coefficient (Wildman–Crippen LogP) is 1.79. The Morgan fingerprint density at radius 2 is 2.00 bits per heavy atom. The summed E-state index contributed by atoms with van der Waals surface area (Å²) in [6.07, 6.45) is 2.74. The molecule has 3 atom stereocenters. The number of hydrogen-bond acceptors (Lipinski definition) is 5. The fraction of sp³-hybridized carbons (Fsp3) is 0.900. The second kappa shape index (κ2) is 9.34. The summed E-state index contributed by atoms with van der Waals surface area (Å²) in [6, 6.07) is 0. The molecule has 0 saturated carbocycles. The molecule has 0 spiro atoms. The zero-order valence-corrected chi connectivity index (χ0v) is 17.4. The minimum absolute atomic E-state index is 0.0406. The van der Waals surface area contributed by atoms with Crippen LogP contribution in [0.2, 0.25) is 0 Å². The quantitative estimate of drug-likeness (QED) is 0.633. The number of carbonyl (C=O) groups excluding carboxylic acids is 2. The summed E-state index contributed by atoms with van der Waals surface area (Å²) in [5.41, 5.74) is -1.08. The highest BCUT2D eigenvalue weighted by molar-refractivity contribution is 5.85. The number of amides is 2. The van der Waals surface area contributed by atoms with Gasteiger partial charge in [-0.3, -0.25) is 9.59 Å². The average molecular weight is 385 g/mol. The first-order valence-electron chi connectivity index (χ1n) is 10.2. The van der Waals surface area contributed by atoms with E-state index in [4.69, 9.17) is 14.2 Å². The van der Waals surface area contributed by atoms with Crippen LogP contribution in [0, 0.1) is 5.92 Å². The van der Waals surface area contributed by atoms with Gasteiger partial charge in [0.25, 0.3) is 5.91 Å². The molecule has 0 bridgehead atoms. The number of ether oxygens (including phenoxy) is 3. The Balaban J connectivity index is 1.82. The summed E-state index contributed by atoms with van der Waals surface area (Å²) >= 11 is 0. The van der Waals surface area contributed by atoms with E-state index in [9.17, 15) is 9.59 Å². The molecular formula is C20H36N2O5. The van der Waals surface area contributed by atoms with E-state index in [0.717, 1.165) is 12.8 Å². The number of carbonyl (C=O) groups is 2. The van der Waals surface area contributed by atoms with E-state index in [0.29, 0.717) is 32.6 Å². The molecule has 0 aliphatic carbocycles. The maximum Gasteiger partial charge on any atom is 0.254 e. The number of nitrogens with one attached hydrogen (secondary N) is 2. The molecule has 7 heteroatoms. The van der Waals surface area contributed by atoms with Gasteiger partial charge in [-0.1, -0.05) is 13.8 Å². The largest absolute Gasteiger partial charge is 0.378 e. The molecule has 27 heavy (non-hydrogen) atoms. The Hall–Kier alpha value is -1.18. The van der Waals surface area contributed by atoms with E-state index in [1.807, 2.05) is 13.8 Å². The van der Waals surface area contributed by atoms with Crippen molar-refractivity contribution < 1.29 is 23.8 Å². The van der Waals surface area contributed by atoms with Gasteiger partial charge >= 0.3 is 0 Å². The number of hydrogen-bond donors (Lipinski definition) is 2. The SMILES string of the molecule is CCC(C)(CC)NC(=O)[C@@H]1CO[C@H](CNC(=O)C2(OC(C)C)CCOC2)C1. The van der Waals surface area contributed by atoms with Gasteiger partial charge in [-0.2, -0.15) is 0 Å². The van der Waals surface area contributed by atoms with Gasteiger partial charge in [-0.05, 0) is 40.0 Å². The fourth-order valence-electron chi connectivity index (χ4n) is 3.55. The Labute approximate surface area is 162 Å². The van der Waals surface area contributed by atoms with Crippen LogP contribution in [-0.2, 0) is 23.8 Å². The monoisotopic (exact) mass is 384 g/mol. The Bertz CT molecular complexity index is 513. The van der Waals surface area contributed by atoms with Crippen LogP contribution >= 0.6 is 0 Å². The van der Waals surface area contributed by atoms with Crippen molar-refractivity contribution in [3.63, 3.8) is 0 Å². The number of rotatable bonds is 9. The molecule has 0 aromatic rings. The normalized spacial score (nSPS) is 28.5. The van der Waals surface area contributed by atoms with Crippen LogP contribution in [0.5, 0.6) is 0 Å². The van der Waals surface area contributed by atoms with Crippen LogP contribution in [0.3, 0.4) is 0 Å². The summed E-state index contributed by atoms with van der Waals surface area (Å²) in [7, 11) is 0. The topological polar surface area (TPSA) is 85.9 Å². The highest BCUT2D eigenvalue weighted by Gasteiger charge is 2.44. The van der Waals surface area contributed by atoms with Crippen molar-refractivity contribution >= 4 is 11.8 Å². The Kier molecular flexibility index (Phi) is 7.65. The maximum absolute atomic E-state index is 12.7. The van der Waals surface area contributed by atoms with Gasteiger partial charge in [-0.25, -0.2) is 0 Å². The molecule has 0 aromatic carbocycles. The average Bonchev–Trinajstić information content (AvgIpc) is 3.29. The molecule has 2 aliphatic heterocycles. The zero-order valence-electron chi connectivity index (χ0n) is 17.4. The lowest BCUT2D eigenvalue weighted by Gasteiger charge is -2.29. The third-order valence-electron chi connectivity index (χ3n) is 5.79. The van der Waals surface area contributed by atoms with Crippen molar-refractivity contribution in [1.82, 2.24) is 10.6 Å². The third-order valence-corrected chi connectivity index (χ3v) is 5.79. The molecule has 2 saturated heterocycles. The van der Waals surface area contributed by atoms with Crippen LogP contribution in [0.4, 0.5) is 0 Å². The zero-order chi connectivity index (χ0) is 20.1. The van der Waals surface area contributed by atoms with E-state index in [1.165, 1.54) is 0 Å². The smallest absolute Gasteiger partial charge is 0.254 e.